The van der Waals surface area contributed by atoms with E-state index in [9.17, 15) is 13.2 Å². The highest BCUT2D eigenvalue weighted by Gasteiger charge is 2.30. The van der Waals surface area contributed by atoms with Crippen molar-refractivity contribution in [3.05, 3.63) is 66.7 Å². The van der Waals surface area contributed by atoms with Crippen LogP contribution in [0.25, 0.3) is 11.0 Å². The Morgan fingerprint density at radius 2 is 1.49 bits per heavy atom. The first-order valence-corrected chi connectivity index (χ1v) is 14.3. The van der Waals surface area contributed by atoms with Crippen LogP contribution in [0.3, 0.4) is 0 Å². The van der Waals surface area contributed by atoms with Gasteiger partial charge in [0.25, 0.3) is 0 Å². The molecule has 2 heterocycles. The molecule has 3 aromatic carbocycles. The van der Waals surface area contributed by atoms with Gasteiger partial charge < -0.3 is 23.7 Å². The summed E-state index contributed by atoms with van der Waals surface area (Å²) in [5.74, 6) is 1.31. The van der Waals surface area contributed by atoms with Crippen LogP contribution in [0.5, 0.6) is 11.5 Å². The fraction of sp³-hybridized carbons (Fsp3) is 0.286. The molecule has 1 aliphatic carbocycles. The van der Waals surface area contributed by atoms with Gasteiger partial charge in [-0.15, -0.1) is 0 Å². The third-order valence-corrected chi connectivity index (χ3v) is 8.32. The summed E-state index contributed by atoms with van der Waals surface area (Å²) >= 11 is 0. The first kappa shape index (κ1) is 25.1. The molecule has 39 heavy (non-hydrogen) atoms. The van der Waals surface area contributed by atoms with E-state index in [4.69, 9.17) is 8.92 Å². The average molecular weight is 548 g/mol. The Morgan fingerprint density at radius 3 is 2.08 bits per heavy atom. The molecule has 2 N–H and O–H groups in total. The molecule has 1 amide bonds. The smallest absolute Gasteiger partial charge is 0.339 e. The quantitative estimate of drug-likeness (QED) is 0.318. The molecule has 1 aliphatic heterocycles. The molecule has 0 radical (unpaired) electrons. The lowest BCUT2D eigenvalue weighted by atomic mass is 10.2. The Labute approximate surface area is 226 Å². The van der Waals surface area contributed by atoms with E-state index in [-0.39, 0.29) is 22.5 Å². The fourth-order valence-electron chi connectivity index (χ4n) is 4.68. The molecule has 0 spiro atoms. The molecule has 0 bridgehead atoms. The molecule has 2 fully saturated rings. The van der Waals surface area contributed by atoms with Gasteiger partial charge in [-0.3, -0.25) is 10.1 Å². The Bertz CT molecular complexity index is 1590. The van der Waals surface area contributed by atoms with Gasteiger partial charge >= 0.3 is 10.1 Å². The maximum atomic E-state index is 13.0. The van der Waals surface area contributed by atoms with Crippen molar-refractivity contribution in [2.45, 2.75) is 17.7 Å². The van der Waals surface area contributed by atoms with Crippen LogP contribution in [-0.4, -0.2) is 57.6 Å². The van der Waals surface area contributed by atoms with Crippen LogP contribution in [0.15, 0.2) is 71.6 Å². The maximum absolute atomic E-state index is 13.0. The van der Waals surface area contributed by atoms with Crippen LogP contribution >= 0.6 is 0 Å². The zero-order valence-electron chi connectivity index (χ0n) is 21.5. The molecule has 1 saturated heterocycles. The molecule has 11 heteroatoms. The third kappa shape index (κ3) is 5.49. The van der Waals surface area contributed by atoms with Crippen LogP contribution in [-0.2, 0) is 14.9 Å². The number of nitrogens with zero attached hydrogens (tertiary/aromatic N) is 3. The van der Waals surface area contributed by atoms with Crippen molar-refractivity contribution in [2.75, 3.05) is 48.4 Å². The number of anilines is 3. The largest absolute Gasteiger partial charge is 0.497 e. The highest BCUT2D eigenvalue weighted by Crippen LogP contribution is 2.31. The zero-order valence-corrected chi connectivity index (χ0v) is 22.3. The van der Waals surface area contributed by atoms with Gasteiger partial charge in [0.1, 0.15) is 16.4 Å². The Kier molecular flexibility index (Phi) is 6.51. The fourth-order valence-corrected chi connectivity index (χ4v) is 5.60. The first-order valence-electron chi connectivity index (χ1n) is 12.9. The van der Waals surface area contributed by atoms with E-state index in [1.165, 1.54) is 6.07 Å². The van der Waals surface area contributed by atoms with Crippen LogP contribution in [0, 0.1) is 5.92 Å². The number of H-pyrrole nitrogens is 1. The summed E-state index contributed by atoms with van der Waals surface area (Å²) in [5, 5.41) is 2.76. The molecule has 1 aromatic heterocycles. The topological polar surface area (TPSA) is 117 Å². The number of hydrogen-bond donors (Lipinski definition) is 2. The van der Waals surface area contributed by atoms with Crippen LogP contribution in [0.4, 0.5) is 17.3 Å². The summed E-state index contributed by atoms with van der Waals surface area (Å²) in [6, 6.07) is 19.6. The van der Waals surface area contributed by atoms with E-state index in [1.54, 1.807) is 31.4 Å². The molecular formula is C28H29N5O5S. The molecule has 1 saturated carbocycles. The van der Waals surface area contributed by atoms with Gasteiger partial charge in [-0.1, -0.05) is 0 Å². The number of carbonyl (C=O) groups excluding carboxylic acids is 1. The van der Waals surface area contributed by atoms with Crippen LogP contribution in [0.1, 0.15) is 12.8 Å². The highest BCUT2D eigenvalue weighted by atomic mass is 32.2. The van der Waals surface area contributed by atoms with Crippen molar-refractivity contribution < 1.29 is 22.1 Å². The van der Waals surface area contributed by atoms with Gasteiger partial charge in [0.2, 0.25) is 11.9 Å². The molecule has 10 nitrogen and oxygen atoms in total. The Morgan fingerprint density at radius 1 is 0.897 bits per heavy atom. The number of nitrogens with one attached hydrogen (secondary N) is 2. The van der Waals surface area contributed by atoms with E-state index in [0.717, 1.165) is 56.1 Å². The molecule has 4 aromatic rings. The lowest BCUT2D eigenvalue weighted by Crippen LogP contribution is -2.46. The van der Waals surface area contributed by atoms with Gasteiger partial charge in [0.05, 0.1) is 18.1 Å². The summed E-state index contributed by atoms with van der Waals surface area (Å²) < 4.78 is 36.6. The number of hydrogen-bond acceptors (Lipinski definition) is 8. The molecular weight excluding hydrogens is 518 g/mol. The maximum Gasteiger partial charge on any atom is 0.339 e. The molecule has 202 valence electrons. The number of ether oxygens (including phenoxy) is 1. The average Bonchev–Trinajstić information content (AvgIpc) is 3.74. The minimum atomic E-state index is -4.04. The first-order chi connectivity index (χ1) is 18.9. The van der Waals surface area contributed by atoms with Gasteiger partial charge in [0.15, 0.2) is 0 Å². The number of aromatic nitrogens is 2. The van der Waals surface area contributed by atoms with Gasteiger partial charge in [-0.05, 0) is 73.5 Å². The SMILES string of the molecule is COc1ccc(N2CCN(c3ccc(S(=O)(=O)Oc4ccc5[nH]c(NC(=O)C6CC6)nc5c4)cc3)CC2)cc1. The van der Waals surface area contributed by atoms with E-state index in [1.807, 2.05) is 24.3 Å². The van der Waals surface area contributed by atoms with Crippen LogP contribution < -0.4 is 24.0 Å². The number of amides is 1. The standard InChI is InChI=1S/C28H29N5O5S/c1-37-22-8-4-20(5-9-22)32-14-16-33(17-15-32)21-6-11-24(12-7-21)39(35,36)38-23-10-13-25-26(18-23)30-28(29-25)31-27(34)19-2-3-19/h4-13,18-19H,2-3,14-17H2,1H3,(H2,29,30,31,34). The normalized spacial score (nSPS) is 15.8. The number of methoxy groups -OCH3 is 1. The van der Waals surface area contributed by atoms with E-state index in [0.29, 0.717) is 17.0 Å². The van der Waals surface area contributed by atoms with Crippen LogP contribution in [0.2, 0.25) is 0 Å². The van der Waals surface area contributed by atoms with Gasteiger partial charge in [-0.2, -0.15) is 8.42 Å². The minimum absolute atomic E-state index is 0.0533. The third-order valence-electron chi connectivity index (χ3n) is 7.06. The second-order valence-corrected chi connectivity index (χ2v) is 11.3. The van der Waals surface area contributed by atoms with E-state index >= 15 is 0 Å². The number of imidazole rings is 1. The summed E-state index contributed by atoms with van der Waals surface area (Å²) in [6.45, 7) is 3.36. The second kappa shape index (κ2) is 10.1. The van der Waals surface area contributed by atoms with Gasteiger partial charge in [0, 0.05) is 49.5 Å². The lowest BCUT2D eigenvalue weighted by Gasteiger charge is -2.37. The van der Waals surface area contributed by atoms with Crippen molar-refractivity contribution in [1.29, 1.82) is 0 Å². The Balaban J connectivity index is 1.08. The van der Waals surface area contributed by atoms with Crippen molar-refractivity contribution in [2.24, 2.45) is 5.92 Å². The molecule has 0 atom stereocenters. The monoisotopic (exact) mass is 547 g/mol. The number of aromatic amines is 1. The van der Waals surface area contributed by atoms with Crippen molar-refractivity contribution in [3.63, 3.8) is 0 Å². The molecule has 6 rings (SSSR count). The number of fused-ring (bicyclic) bond motifs is 1. The minimum Gasteiger partial charge on any atom is -0.497 e. The number of carbonyl (C=O) groups is 1. The van der Waals surface area contributed by atoms with E-state index < -0.39 is 10.1 Å². The van der Waals surface area contributed by atoms with Crippen molar-refractivity contribution in [3.8, 4) is 11.5 Å². The molecule has 2 aliphatic rings. The predicted octanol–water partition coefficient (Wildman–Crippen LogP) is 4.01. The summed E-state index contributed by atoms with van der Waals surface area (Å²) in [4.78, 5) is 24.0. The predicted molar refractivity (Wildman–Crippen MR) is 149 cm³/mol. The Hall–Kier alpha value is -4.25. The summed E-state index contributed by atoms with van der Waals surface area (Å²) in [6.07, 6.45) is 1.79. The number of benzene rings is 3. The lowest BCUT2D eigenvalue weighted by molar-refractivity contribution is -0.117. The van der Waals surface area contributed by atoms with Crippen molar-refractivity contribution in [1.82, 2.24) is 9.97 Å². The van der Waals surface area contributed by atoms with E-state index in [2.05, 4.69) is 37.2 Å². The summed E-state index contributed by atoms with van der Waals surface area (Å²) in [5.41, 5.74) is 3.28. The highest BCUT2D eigenvalue weighted by molar-refractivity contribution is 7.87. The van der Waals surface area contributed by atoms with Crippen molar-refractivity contribution >= 4 is 44.4 Å². The second-order valence-electron chi connectivity index (χ2n) is 9.73. The number of rotatable bonds is 8. The summed E-state index contributed by atoms with van der Waals surface area (Å²) in [7, 11) is -2.38. The number of piperazine rings is 1. The van der Waals surface area contributed by atoms with Gasteiger partial charge in [-0.25, -0.2) is 4.98 Å². The molecule has 0 unspecified atom stereocenters. The zero-order chi connectivity index (χ0) is 27.0.